The first kappa shape index (κ1) is 15.0. The van der Waals surface area contributed by atoms with Crippen LogP contribution < -0.4 is 5.73 Å². The fourth-order valence-electron chi connectivity index (χ4n) is 3.46. The van der Waals surface area contributed by atoms with Crippen LogP contribution in [0.25, 0.3) is 0 Å². The second-order valence-electron chi connectivity index (χ2n) is 6.19. The van der Waals surface area contributed by atoms with Crippen LogP contribution in [0.5, 0.6) is 0 Å². The van der Waals surface area contributed by atoms with Crippen molar-refractivity contribution in [3.63, 3.8) is 0 Å². The van der Waals surface area contributed by atoms with Crippen LogP contribution in [0.3, 0.4) is 0 Å². The van der Waals surface area contributed by atoms with Crippen LogP contribution in [0.15, 0.2) is 48.5 Å². The van der Waals surface area contributed by atoms with E-state index in [0.29, 0.717) is 6.54 Å². The summed E-state index contributed by atoms with van der Waals surface area (Å²) in [5.74, 6) is 0. The zero-order valence-corrected chi connectivity index (χ0v) is 14.3. The average molecular weight is 393 g/mol. The van der Waals surface area contributed by atoms with E-state index in [1.54, 1.807) is 0 Å². The lowest BCUT2D eigenvalue weighted by Crippen LogP contribution is -2.49. The maximum atomic E-state index is 11.3. The molecule has 1 aliphatic carbocycles. The second-order valence-corrected chi connectivity index (χ2v) is 7.43. The fraction of sp³-hybridized carbons (Fsp3) is 0.333. The standard InChI is InChI=1S/C18H20INO/c1-17(21,15-6-8-16(19)9-7-15)18(12-20)10-13-4-2-3-5-14(13)11-18/h2-9,21H,10-12,20H2,1H3. The minimum Gasteiger partial charge on any atom is -0.385 e. The molecule has 21 heavy (non-hydrogen) atoms. The lowest BCUT2D eigenvalue weighted by Gasteiger charge is -2.42. The van der Waals surface area contributed by atoms with E-state index in [4.69, 9.17) is 5.73 Å². The zero-order valence-electron chi connectivity index (χ0n) is 12.1. The Hall–Kier alpha value is -0.910. The first-order chi connectivity index (χ1) is 9.98. The molecular weight excluding hydrogens is 373 g/mol. The van der Waals surface area contributed by atoms with Crippen molar-refractivity contribution < 1.29 is 5.11 Å². The molecule has 3 rings (SSSR count). The molecule has 0 fully saturated rings. The molecule has 0 spiro atoms. The minimum atomic E-state index is -0.939. The van der Waals surface area contributed by atoms with Crippen LogP contribution in [-0.2, 0) is 18.4 Å². The third-order valence-electron chi connectivity index (χ3n) is 5.01. The number of fused-ring (bicyclic) bond motifs is 1. The molecule has 0 saturated carbocycles. The van der Waals surface area contributed by atoms with Crippen LogP contribution >= 0.6 is 22.6 Å². The van der Waals surface area contributed by atoms with Gasteiger partial charge in [-0.25, -0.2) is 0 Å². The predicted molar refractivity (Wildman–Crippen MR) is 94.1 cm³/mol. The normalized spacial score (nSPS) is 19.0. The molecule has 1 unspecified atom stereocenters. The molecule has 2 nitrogen and oxygen atoms in total. The van der Waals surface area contributed by atoms with Gasteiger partial charge in [0.05, 0.1) is 5.60 Å². The van der Waals surface area contributed by atoms with E-state index in [1.807, 2.05) is 31.2 Å². The number of hydrogen-bond acceptors (Lipinski definition) is 2. The highest BCUT2D eigenvalue weighted by molar-refractivity contribution is 14.1. The Bertz CT molecular complexity index is 624. The third kappa shape index (κ3) is 2.41. The van der Waals surface area contributed by atoms with Crippen molar-refractivity contribution in [2.45, 2.75) is 25.4 Å². The van der Waals surface area contributed by atoms with E-state index in [0.717, 1.165) is 18.4 Å². The van der Waals surface area contributed by atoms with Gasteiger partial charge in [0.15, 0.2) is 0 Å². The zero-order chi connectivity index (χ0) is 15.1. The molecule has 0 saturated heterocycles. The summed E-state index contributed by atoms with van der Waals surface area (Å²) in [5, 5.41) is 11.3. The Morgan fingerprint density at radius 1 is 1.10 bits per heavy atom. The van der Waals surface area contributed by atoms with Gasteiger partial charge in [0.2, 0.25) is 0 Å². The van der Waals surface area contributed by atoms with Crippen LogP contribution in [0.4, 0.5) is 0 Å². The van der Waals surface area contributed by atoms with Gasteiger partial charge in [0.25, 0.3) is 0 Å². The Kier molecular flexibility index (Phi) is 3.84. The van der Waals surface area contributed by atoms with Crippen molar-refractivity contribution in [2.75, 3.05) is 6.54 Å². The molecule has 2 aromatic rings. The van der Waals surface area contributed by atoms with Crippen LogP contribution in [0.2, 0.25) is 0 Å². The van der Waals surface area contributed by atoms with Crippen LogP contribution in [-0.4, -0.2) is 11.7 Å². The predicted octanol–water partition coefficient (Wildman–Crippen LogP) is 3.24. The molecule has 2 aromatic carbocycles. The lowest BCUT2D eigenvalue weighted by atomic mass is 9.67. The fourth-order valence-corrected chi connectivity index (χ4v) is 3.82. The molecule has 1 atom stereocenters. The molecule has 0 bridgehead atoms. The Balaban J connectivity index is 2.02. The van der Waals surface area contributed by atoms with E-state index in [1.165, 1.54) is 14.7 Å². The van der Waals surface area contributed by atoms with Gasteiger partial charge in [-0.05, 0) is 71.2 Å². The molecule has 1 aliphatic rings. The summed E-state index contributed by atoms with van der Waals surface area (Å²) in [5.41, 5.74) is 8.44. The maximum Gasteiger partial charge on any atom is 0.0942 e. The molecule has 0 aromatic heterocycles. The van der Waals surface area contributed by atoms with Crippen molar-refractivity contribution in [2.24, 2.45) is 11.1 Å². The number of nitrogens with two attached hydrogens (primary N) is 1. The average Bonchev–Trinajstić information content (AvgIpc) is 2.88. The smallest absolute Gasteiger partial charge is 0.0942 e. The lowest BCUT2D eigenvalue weighted by molar-refractivity contribution is -0.0675. The Morgan fingerprint density at radius 2 is 1.62 bits per heavy atom. The number of halogens is 1. The molecule has 0 aliphatic heterocycles. The number of rotatable bonds is 3. The molecule has 0 radical (unpaired) electrons. The highest BCUT2D eigenvalue weighted by Gasteiger charge is 2.50. The summed E-state index contributed by atoms with van der Waals surface area (Å²) in [6.07, 6.45) is 1.66. The van der Waals surface area contributed by atoms with E-state index >= 15 is 0 Å². The van der Waals surface area contributed by atoms with Gasteiger partial charge in [-0.15, -0.1) is 0 Å². The van der Waals surface area contributed by atoms with Gasteiger partial charge in [-0.3, -0.25) is 0 Å². The van der Waals surface area contributed by atoms with E-state index in [-0.39, 0.29) is 5.41 Å². The Morgan fingerprint density at radius 3 is 2.10 bits per heavy atom. The van der Waals surface area contributed by atoms with Gasteiger partial charge in [-0.2, -0.15) is 0 Å². The number of benzene rings is 2. The summed E-state index contributed by atoms with van der Waals surface area (Å²) >= 11 is 2.28. The molecule has 110 valence electrons. The molecule has 0 heterocycles. The topological polar surface area (TPSA) is 46.2 Å². The quantitative estimate of drug-likeness (QED) is 0.787. The van der Waals surface area contributed by atoms with Gasteiger partial charge in [0.1, 0.15) is 0 Å². The molecular formula is C18H20INO. The molecule has 3 heteroatoms. The van der Waals surface area contributed by atoms with Crippen molar-refractivity contribution in [3.05, 3.63) is 68.8 Å². The Labute approximate surface area is 139 Å². The first-order valence-corrected chi connectivity index (χ1v) is 8.32. The molecule has 3 N–H and O–H groups in total. The van der Waals surface area contributed by atoms with Crippen LogP contribution in [0, 0.1) is 8.99 Å². The van der Waals surface area contributed by atoms with Gasteiger partial charge in [-0.1, -0.05) is 36.4 Å². The minimum absolute atomic E-state index is 0.330. The van der Waals surface area contributed by atoms with Crippen molar-refractivity contribution >= 4 is 22.6 Å². The van der Waals surface area contributed by atoms with Gasteiger partial charge < -0.3 is 10.8 Å². The summed E-state index contributed by atoms with van der Waals surface area (Å²) in [7, 11) is 0. The largest absolute Gasteiger partial charge is 0.385 e. The number of hydrogen-bond donors (Lipinski definition) is 2. The van der Waals surface area contributed by atoms with E-state index < -0.39 is 5.60 Å². The summed E-state index contributed by atoms with van der Waals surface area (Å²) in [4.78, 5) is 0. The third-order valence-corrected chi connectivity index (χ3v) is 5.72. The van der Waals surface area contributed by atoms with Crippen LogP contribution in [0.1, 0.15) is 23.6 Å². The maximum absolute atomic E-state index is 11.3. The van der Waals surface area contributed by atoms with Gasteiger partial charge in [0, 0.05) is 15.5 Å². The van der Waals surface area contributed by atoms with Gasteiger partial charge >= 0.3 is 0 Å². The summed E-state index contributed by atoms with van der Waals surface area (Å²) < 4.78 is 1.17. The molecule has 0 amide bonds. The first-order valence-electron chi connectivity index (χ1n) is 7.24. The summed E-state index contributed by atoms with van der Waals surface area (Å²) in [6.45, 7) is 2.38. The van der Waals surface area contributed by atoms with Crippen molar-refractivity contribution in [1.82, 2.24) is 0 Å². The highest BCUT2D eigenvalue weighted by atomic mass is 127. The van der Waals surface area contributed by atoms with Crippen molar-refractivity contribution in [1.29, 1.82) is 0 Å². The van der Waals surface area contributed by atoms with Crippen molar-refractivity contribution in [3.8, 4) is 0 Å². The van der Waals surface area contributed by atoms with E-state index in [9.17, 15) is 5.11 Å². The number of aliphatic hydroxyl groups is 1. The monoisotopic (exact) mass is 393 g/mol. The SMILES string of the molecule is CC(O)(c1ccc(I)cc1)C1(CN)Cc2ccccc2C1. The highest BCUT2D eigenvalue weighted by Crippen LogP contribution is 2.48. The summed E-state index contributed by atoms with van der Waals surface area (Å²) in [6, 6.07) is 16.5. The van der Waals surface area contributed by atoms with E-state index in [2.05, 4.69) is 46.9 Å². The second kappa shape index (κ2) is 5.38.